The highest BCUT2D eigenvalue weighted by atomic mass is 16.5. The zero-order chi connectivity index (χ0) is 19.5. The van der Waals surface area contributed by atoms with E-state index < -0.39 is 0 Å². The molecule has 0 heterocycles. The van der Waals surface area contributed by atoms with E-state index in [9.17, 15) is 4.79 Å². The molecule has 0 rings (SSSR count). The molecule has 25 heavy (non-hydrogen) atoms. The predicted octanol–water partition coefficient (Wildman–Crippen LogP) is 5.68. The quantitative estimate of drug-likeness (QED) is 0.432. The highest BCUT2D eigenvalue weighted by Crippen LogP contribution is 2.29. The Balaban J connectivity index is 4.06. The van der Waals surface area contributed by atoms with Crippen molar-refractivity contribution >= 4 is 5.91 Å². The van der Waals surface area contributed by atoms with Crippen molar-refractivity contribution in [1.82, 2.24) is 5.32 Å². The summed E-state index contributed by atoms with van der Waals surface area (Å²) in [4.78, 5) is 11.5. The number of rotatable bonds is 13. The zero-order valence-corrected chi connectivity index (χ0v) is 18.3. The minimum atomic E-state index is 0.0609. The third-order valence-corrected chi connectivity index (χ3v) is 5.06. The maximum atomic E-state index is 11.5. The van der Waals surface area contributed by atoms with Gasteiger partial charge in [-0.15, -0.1) is 0 Å². The van der Waals surface area contributed by atoms with Gasteiger partial charge in [0.15, 0.2) is 0 Å². The fourth-order valence-electron chi connectivity index (χ4n) is 3.34. The summed E-state index contributed by atoms with van der Waals surface area (Å²) in [6.07, 6.45) is 5.95. The molecule has 0 aromatic rings. The molecule has 3 nitrogen and oxygen atoms in total. The van der Waals surface area contributed by atoms with Crippen molar-refractivity contribution in [1.29, 1.82) is 0 Å². The van der Waals surface area contributed by atoms with Crippen molar-refractivity contribution in [3.63, 3.8) is 0 Å². The summed E-state index contributed by atoms with van der Waals surface area (Å²) in [5, 5.41) is 2.95. The SMILES string of the molecule is CCC(C)C(CCC(C)CC(C)(C)C)COCCCNC(=O)C(C)C. The number of amides is 1. The number of hydrogen-bond acceptors (Lipinski definition) is 2. The lowest BCUT2D eigenvalue weighted by molar-refractivity contribution is -0.124. The van der Waals surface area contributed by atoms with Crippen LogP contribution in [0, 0.1) is 29.1 Å². The van der Waals surface area contributed by atoms with Gasteiger partial charge in [-0.25, -0.2) is 0 Å². The molecule has 3 atom stereocenters. The zero-order valence-electron chi connectivity index (χ0n) is 18.3. The van der Waals surface area contributed by atoms with Crippen molar-refractivity contribution in [2.24, 2.45) is 29.1 Å². The molecule has 0 bridgehead atoms. The van der Waals surface area contributed by atoms with E-state index in [1.54, 1.807) is 0 Å². The second-order valence-corrected chi connectivity index (χ2v) is 9.47. The van der Waals surface area contributed by atoms with Crippen LogP contribution >= 0.6 is 0 Å². The molecule has 0 aliphatic heterocycles. The van der Waals surface area contributed by atoms with Crippen molar-refractivity contribution < 1.29 is 9.53 Å². The number of nitrogens with one attached hydrogen (secondary N) is 1. The predicted molar refractivity (Wildman–Crippen MR) is 109 cm³/mol. The number of ether oxygens (including phenoxy) is 1. The van der Waals surface area contributed by atoms with Crippen molar-refractivity contribution in [2.45, 2.75) is 87.5 Å². The Bertz CT molecular complexity index is 346. The van der Waals surface area contributed by atoms with E-state index in [1.807, 2.05) is 13.8 Å². The summed E-state index contributed by atoms with van der Waals surface area (Å²) in [5.41, 5.74) is 0.419. The van der Waals surface area contributed by atoms with E-state index in [2.05, 4.69) is 46.9 Å². The Morgan fingerprint density at radius 1 is 1.08 bits per heavy atom. The summed E-state index contributed by atoms with van der Waals surface area (Å²) in [6.45, 7) is 20.2. The van der Waals surface area contributed by atoms with Gasteiger partial charge in [0.25, 0.3) is 0 Å². The molecule has 0 radical (unpaired) electrons. The molecule has 1 N–H and O–H groups in total. The maximum absolute atomic E-state index is 11.5. The third-order valence-electron chi connectivity index (χ3n) is 5.06. The van der Waals surface area contributed by atoms with Crippen LogP contribution in [0.25, 0.3) is 0 Å². The molecule has 0 spiro atoms. The van der Waals surface area contributed by atoms with Gasteiger partial charge in [0.05, 0.1) is 0 Å². The lowest BCUT2D eigenvalue weighted by Gasteiger charge is -2.27. The first-order valence-electron chi connectivity index (χ1n) is 10.4. The fourth-order valence-corrected chi connectivity index (χ4v) is 3.34. The van der Waals surface area contributed by atoms with E-state index in [0.29, 0.717) is 23.8 Å². The Hall–Kier alpha value is -0.570. The van der Waals surface area contributed by atoms with E-state index >= 15 is 0 Å². The van der Waals surface area contributed by atoms with Gasteiger partial charge in [-0.05, 0) is 42.4 Å². The summed E-state index contributed by atoms with van der Waals surface area (Å²) in [5.74, 6) is 2.33. The van der Waals surface area contributed by atoms with Gasteiger partial charge in [0, 0.05) is 25.7 Å². The van der Waals surface area contributed by atoms with Gasteiger partial charge < -0.3 is 10.1 Å². The molecule has 0 aromatic carbocycles. The van der Waals surface area contributed by atoms with E-state index in [0.717, 1.165) is 25.6 Å². The van der Waals surface area contributed by atoms with Gasteiger partial charge in [-0.1, -0.05) is 68.2 Å². The maximum Gasteiger partial charge on any atom is 0.222 e. The Morgan fingerprint density at radius 3 is 2.24 bits per heavy atom. The van der Waals surface area contributed by atoms with Gasteiger partial charge >= 0.3 is 0 Å². The van der Waals surface area contributed by atoms with Gasteiger partial charge in [0.1, 0.15) is 0 Å². The highest BCUT2D eigenvalue weighted by Gasteiger charge is 2.20. The summed E-state index contributed by atoms with van der Waals surface area (Å²) in [6, 6.07) is 0. The molecule has 3 unspecified atom stereocenters. The Labute approximate surface area is 157 Å². The summed E-state index contributed by atoms with van der Waals surface area (Å²) >= 11 is 0. The first-order valence-corrected chi connectivity index (χ1v) is 10.4. The van der Waals surface area contributed by atoms with E-state index in [-0.39, 0.29) is 11.8 Å². The molecule has 0 aliphatic carbocycles. The first-order chi connectivity index (χ1) is 11.6. The van der Waals surface area contributed by atoms with Crippen LogP contribution in [-0.4, -0.2) is 25.7 Å². The molecule has 0 fully saturated rings. The fraction of sp³-hybridized carbons (Fsp3) is 0.955. The van der Waals surface area contributed by atoms with Crippen molar-refractivity contribution in [3.05, 3.63) is 0 Å². The van der Waals surface area contributed by atoms with Crippen molar-refractivity contribution in [2.75, 3.05) is 19.8 Å². The topological polar surface area (TPSA) is 38.3 Å². The smallest absolute Gasteiger partial charge is 0.222 e. The van der Waals surface area contributed by atoms with Crippen LogP contribution in [0.3, 0.4) is 0 Å². The van der Waals surface area contributed by atoms with E-state index in [4.69, 9.17) is 4.74 Å². The van der Waals surface area contributed by atoms with Crippen LogP contribution in [0.5, 0.6) is 0 Å². The van der Waals surface area contributed by atoms with Gasteiger partial charge in [0.2, 0.25) is 5.91 Å². The number of carbonyl (C=O) groups excluding carboxylic acids is 1. The molecular weight excluding hydrogens is 310 g/mol. The number of carbonyl (C=O) groups is 1. The van der Waals surface area contributed by atoms with Gasteiger partial charge in [-0.3, -0.25) is 4.79 Å². The molecule has 0 aliphatic rings. The molecular formula is C22H45NO2. The van der Waals surface area contributed by atoms with E-state index in [1.165, 1.54) is 25.7 Å². The largest absolute Gasteiger partial charge is 0.381 e. The average molecular weight is 356 g/mol. The average Bonchev–Trinajstić information content (AvgIpc) is 2.50. The Kier molecular flexibility index (Phi) is 12.4. The molecule has 0 saturated carbocycles. The summed E-state index contributed by atoms with van der Waals surface area (Å²) in [7, 11) is 0. The summed E-state index contributed by atoms with van der Waals surface area (Å²) < 4.78 is 5.94. The monoisotopic (exact) mass is 355 g/mol. The van der Waals surface area contributed by atoms with Crippen molar-refractivity contribution in [3.8, 4) is 0 Å². The minimum Gasteiger partial charge on any atom is -0.381 e. The van der Waals surface area contributed by atoms with Crippen LogP contribution < -0.4 is 5.32 Å². The van der Waals surface area contributed by atoms with Crippen LogP contribution in [0.1, 0.15) is 87.5 Å². The van der Waals surface area contributed by atoms with Gasteiger partial charge in [-0.2, -0.15) is 0 Å². The molecule has 0 aromatic heterocycles. The standard InChI is InChI=1S/C22H45NO2/c1-9-19(5)20(12-11-18(4)15-22(6,7)8)16-25-14-10-13-23-21(24)17(2)3/h17-20H,9-16H2,1-8H3,(H,23,24). The van der Waals surface area contributed by atoms with Crippen LogP contribution in [0.15, 0.2) is 0 Å². The molecule has 150 valence electrons. The normalized spacial score (nSPS) is 15.9. The first kappa shape index (κ1) is 24.4. The molecule has 0 saturated heterocycles. The van der Waals surface area contributed by atoms with Crippen LogP contribution in [0.4, 0.5) is 0 Å². The third kappa shape index (κ3) is 13.3. The lowest BCUT2D eigenvalue weighted by atomic mass is 9.80. The van der Waals surface area contributed by atoms with Crippen LogP contribution in [-0.2, 0) is 9.53 Å². The Morgan fingerprint density at radius 2 is 1.72 bits per heavy atom. The number of hydrogen-bond donors (Lipinski definition) is 1. The minimum absolute atomic E-state index is 0.0609. The highest BCUT2D eigenvalue weighted by molar-refractivity contribution is 5.77. The lowest BCUT2D eigenvalue weighted by Crippen LogP contribution is -2.29. The second-order valence-electron chi connectivity index (χ2n) is 9.47. The molecule has 3 heteroatoms. The second kappa shape index (κ2) is 12.7. The molecule has 1 amide bonds. The van der Waals surface area contributed by atoms with Crippen LogP contribution in [0.2, 0.25) is 0 Å².